The van der Waals surface area contributed by atoms with Gasteiger partial charge < -0.3 is 30.1 Å². The Balaban J connectivity index is 0.870. The number of urea groups is 1. The van der Waals surface area contributed by atoms with Crippen LogP contribution in [0.3, 0.4) is 0 Å². The summed E-state index contributed by atoms with van der Waals surface area (Å²) in [7, 11) is 0. The maximum Gasteiger partial charge on any atom is 0.315 e. The van der Waals surface area contributed by atoms with Crippen molar-refractivity contribution in [3.63, 3.8) is 0 Å². The number of ether oxygens (including phenoxy) is 2. The van der Waals surface area contributed by atoms with Gasteiger partial charge in [0.05, 0.1) is 18.8 Å². The van der Waals surface area contributed by atoms with Crippen molar-refractivity contribution >= 4 is 12.0 Å². The molecular formula is C44H52N6O4. The normalized spacial score (nSPS) is 29.2. The van der Waals surface area contributed by atoms with E-state index in [1.165, 1.54) is 19.3 Å². The van der Waals surface area contributed by atoms with Gasteiger partial charge in [-0.15, -0.1) is 0 Å². The monoisotopic (exact) mass is 728 g/mol. The zero-order valence-electron chi connectivity index (χ0n) is 31.0. The van der Waals surface area contributed by atoms with E-state index < -0.39 is 6.29 Å². The number of anilines is 1. The molecular weight excluding hydrogens is 677 g/mol. The van der Waals surface area contributed by atoms with Gasteiger partial charge in [-0.1, -0.05) is 60.7 Å². The quantitative estimate of drug-likeness (QED) is 0.164. The van der Waals surface area contributed by atoms with Crippen LogP contribution in [-0.2, 0) is 22.6 Å². The van der Waals surface area contributed by atoms with Crippen LogP contribution >= 0.6 is 0 Å². The Morgan fingerprint density at radius 3 is 2.15 bits per heavy atom. The van der Waals surface area contributed by atoms with Crippen molar-refractivity contribution in [2.45, 2.75) is 82.1 Å². The van der Waals surface area contributed by atoms with Crippen molar-refractivity contribution < 1.29 is 19.4 Å². The van der Waals surface area contributed by atoms with Gasteiger partial charge in [-0.3, -0.25) is 4.90 Å². The number of hydrogen-bond acceptors (Lipinski definition) is 8. The Morgan fingerprint density at radius 1 is 0.759 bits per heavy atom. The highest BCUT2D eigenvalue weighted by Gasteiger charge is 2.51. The third-order valence-corrected chi connectivity index (χ3v) is 12.6. The van der Waals surface area contributed by atoms with Gasteiger partial charge in [0.15, 0.2) is 6.29 Å². The van der Waals surface area contributed by atoms with Gasteiger partial charge in [0.1, 0.15) is 0 Å². The summed E-state index contributed by atoms with van der Waals surface area (Å²) in [6.07, 6.45) is 11.1. The zero-order valence-corrected chi connectivity index (χ0v) is 31.0. The number of hydrogen-bond donors (Lipinski definition) is 3. The fraction of sp³-hybridized carbons (Fsp3) is 0.477. The van der Waals surface area contributed by atoms with Crippen molar-refractivity contribution in [3.05, 3.63) is 114 Å². The molecule has 4 saturated carbocycles. The number of rotatable bonds is 10. The summed E-state index contributed by atoms with van der Waals surface area (Å²) in [6, 6.07) is 26.8. The lowest BCUT2D eigenvalue weighted by Crippen LogP contribution is -2.61. The maximum atomic E-state index is 13.2. The lowest BCUT2D eigenvalue weighted by atomic mass is 9.53. The van der Waals surface area contributed by atoms with E-state index >= 15 is 0 Å². The minimum Gasteiger partial charge on any atom is -0.392 e. The number of amides is 2. The molecule has 10 rings (SSSR count). The third kappa shape index (κ3) is 7.89. The first-order valence-electron chi connectivity index (χ1n) is 20.0. The molecule has 4 aliphatic carbocycles. The van der Waals surface area contributed by atoms with Gasteiger partial charge >= 0.3 is 6.03 Å². The number of nitrogens with one attached hydrogen (secondary N) is 2. The summed E-state index contributed by atoms with van der Waals surface area (Å²) < 4.78 is 13.5. The van der Waals surface area contributed by atoms with Gasteiger partial charge in [0, 0.05) is 69.2 Å². The summed E-state index contributed by atoms with van der Waals surface area (Å²) in [5.74, 6) is 3.16. The SMILES string of the molecule is O=C(NCc1cccc(-c2cccc(C3OC(CN4CCN(c5ncccn5)CC4)CC(c4ccc(CO)cc4)O3)c2)c1)NC12CC3CC(CC(C3)C1)C2. The van der Waals surface area contributed by atoms with Crippen LogP contribution in [0, 0.1) is 17.8 Å². The molecule has 3 aromatic carbocycles. The van der Waals surface area contributed by atoms with Crippen LogP contribution in [0.4, 0.5) is 10.7 Å². The number of aliphatic hydroxyl groups is 1. The average molecular weight is 729 g/mol. The average Bonchev–Trinajstić information content (AvgIpc) is 3.20. The maximum absolute atomic E-state index is 13.2. The molecule has 4 aromatic rings. The minimum absolute atomic E-state index is 0.00193. The van der Waals surface area contributed by atoms with E-state index in [1.807, 2.05) is 18.2 Å². The summed E-state index contributed by atoms with van der Waals surface area (Å²) in [5, 5.41) is 16.3. The van der Waals surface area contributed by atoms with Gasteiger partial charge in [-0.05, 0) is 102 Å². The van der Waals surface area contributed by atoms with Crippen LogP contribution in [0.15, 0.2) is 91.3 Å². The number of carbonyl (C=O) groups excluding carboxylic acids is 1. The van der Waals surface area contributed by atoms with Crippen LogP contribution in [0.1, 0.15) is 79.6 Å². The second-order valence-corrected chi connectivity index (χ2v) is 16.5. The second-order valence-electron chi connectivity index (χ2n) is 16.5. The predicted octanol–water partition coefficient (Wildman–Crippen LogP) is 6.77. The molecule has 0 radical (unpaired) electrons. The molecule has 3 heterocycles. The molecule has 3 N–H and O–H groups in total. The molecule has 3 atom stereocenters. The molecule has 6 fully saturated rings. The molecule has 4 bridgehead atoms. The van der Waals surface area contributed by atoms with Crippen LogP contribution in [-0.4, -0.2) is 70.4 Å². The number of aromatic nitrogens is 2. The van der Waals surface area contributed by atoms with Crippen molar-refractivity contribution in [1.29, 1.82) is 0 Å². The van der Waals surface area contributed by atoms with Crippen molar-refractivity contribution in [1.82, 2.24) is 25.5 Å². The number of benzene rings is 3. The lowest BCUT2D eigenvalue weighted by Gasteiger charge is -2.56. The van der Waals surface area contributed by atoms with Crippen molar-refractivity contribution in [2.24, 2.45) is 17.8 Å². The summed E-state index contributed by atoms with van der Waals surface area (Å²) in [4.78, 5) is 26.8. The van der Waals surface area contributed by atoms with Gasteiger partial charge in [-0.25, -0.2) is 14.8 Å². The molecule has 3 unspecified atom stereocenters. The molecule has 2 amide bonds. The Bertz CT molecular complexity index is 1860. The largest absolute Gasteiger partial charge is 0.392 e. The summed E-state index contributed by atoms with van der Waals surface area (Å²) >= 11 is 0. The van der Waals surface area contributed by atoms with Crippen LogP contribution in [0.25, 0.3) is 11.1 Å². The number of carbonyl (C=O) groups is 1. The van der Waals surface area contributed by atoms with E-state index in [2.05, 4.69) is 91.1 Å². The van der Waals surface area contributed by atoms with Gasteiger partial charge in [0.25, 0.3) is 0 Å². The number of piperazine rings is 1. The minimum atomic E-state index is -0.539. The number of aliphatic hydroxyl groups excluding tert-OH is 1. The van der Waals surface area contributed by atoms with E-state index in [4.69, 9.17) is 9.47 Å². The second kappa shape index (κ2) is 15.4. The fourth-order valence-electron chi connectivity index (χ4n) is 10.4. The van der Waals surface area contributed by atoms with Crippen molar-refractivity contribution in [2.75, 3.05) is 37.6 Å². The summed E-state index contributed by atoms with van der Waals surface area (Å²) in [6.45, 7) is 4.84. The molecule has 54 heavy (non-hydrogen) atoms. The van der Waals surface area contributed by atoms with E-state index in [9.17, 15) is 9.90 Å². The van der Waals surface area contributed by atoms with Crippen LogP contribution in [0.5, 0.6) is 0 Å². The highest BCUT2D eigenvalue weighted by Crippen LogP contribution is 2.55. The smallest absolute Gasteiger partial charge is 0.315 e. The zero-order chi connectivity index (χ0) is 36.5. The Hall–Kier alpha value is -4.35. The lowest BCUT2D eigenvalue weighted by molar-refractivity contribution is -0.253. The number of nitrogens with zero attached hydrogens (tertiary/aromatic N) is 4. The molecule has 282 valence electrons. The van der Waals surface area contributed by atoms with Crippen LogP contribution in [0.2, 0.25) is 0 Å². The standard InChI is InChI=1S/C44H52N6O4/c51-29-30-8-10-35(11-9-30)40-23-39(28-49-14-16-50(17-15-49)42-45-12-3-13-46-42)53-41(54-40)38-7-2-6-37(22-38)36-5-1-4-31(21-36)27-47-43(52)48-44-24-32-18-33(25-44)20-34(19-32)26-44/h1-13,21-22,32-34,39-41,51H,14-20,23-29H2,(H2,47,48,52). The molecule has 10 nitrogen and oxygen atoms in total. The molecule has 2 saturated heterocycles. The third-order valence-electron chi connectivity index (χ3n) is 12.6. The molecule has 2 aliphatic heterocycles. The first kappa shape index (κ1) is 35.4. The van der Waals surface area contributed by atoms with E-state index in [-0.39, 0.29) is 30.4 Å². The van der Waals surface area contributed by atoms with Gasteiger partial charge in [-0.2, -0.15) is 0 Å². The van der Waals surface area contributed by atoms with E-state index in [0.29, 0.717) is 6.54 Å². The van der Waals surface area contributed by atoms with E-state index in [1.54, 1.807) is 12.4 Å². The molecule has 1 aromatic heterocycles. The first-order chi connectivity index (χ1) is 26.5. The first-order valence-corrected chi connectivity index (χ1v) is 20.0. The molecule has 6 aliphatic rings. The van der Waals surface area contributed by atoms with E-state index in [0.717, 1.165) is 115 Å². The Morgan fingerprint density at radius 2 is 1.44 bits per heavy atom. The molecule has 0 spiro atoms. The highest BCUT2D eigenvalue weighted by atomic mass is 16.7. The molecule has 10 heteroatoms. The topological polar surface area (TPSA) is 112 Å². The van der Waals surface area contributed by atoms with Gasteiger partial charge in [0.2, 0.25) is 5.95 Å². The Kier molecular flexibility index (Phi) is 10.1. The highest BCUT2D eigenvalue weighted by molar-refractivity contribution is 5.75. The fourth-order valence-corrected chi connectivity index (χ4v) is 10.4. The van der Waals surface area contributed by atoms with Crippen molar-refractivity contribution in [3.8, 4) is 11.1 Å². The summed E-state index contributed by atoms with van der Waals surface area (Å²) in [5.41, 5.74) is 6.16. The Labute approximate surface area is 318 Å². The van der Waals surface area contributed by atoms with Crippen LogP contribution < -0.4 is 15.5 Å². The predicted molar refractivity (Wildman–Crippen MR) is 207 cm³/mol.